The summed E-state index contributed by atoms with van der Waals surface area (Å²) in [5.41, 5.74) is 5.55. The maximum atomic E-state index is 14.4. The van der Waals surface area contributed by atoms with Crippen molar-refractivity contribution in [1.82, 2.24) is 30.0 Å². The summed E-state index contributed by atoms with van der Waals surface area (Å²) in [7, 11) is 0. The molecule has 0 saturated heterocycles. The van der Waals surface area contributed by atoms with Gasteiger partial charge in [-0.15, -0.1) is 0 Å². The van der Waals surface area contributed by atoms with Gasteiger partial charge in [-0.2, -0.15) is 18.3 Å². The van der Waals surface area contributed by atoms with Crippen LogP contribution in [0.3, 0.4) is 0 Å². The molecule has 5 rings (SSSR count). The molecule has 2 amide bonds. The highest BCUT2D eigenvalue weighted by molar-refractivity contribution is 6.32. The number of nitrogens with zero attached hydrogens (tertiary/aromatic N) is 5. The molecule has 16 heteroatoms. The summed E-state index contributed by atoms with van der Waals surface area (Å²) < 4.78 is 47.6. The SMILES string of the molecule is CC(C)(C)CN=C(N)N(C(=O)c1ccc(-c2cccc(=O)[nH]2)cc1)[C@H](COC(=O)NC1(C(F)(F)F)CC1)c1ccc(Cl)c(-n2cncn2)c1. The zero-order chi connectivity index (χ0) is 35.6. The number of aliphatic imine (C=N–C) groups is 1. The molecule has 1 aliphatic rings. The molecule has 0 spiro atoms. The van der Waals surface area contributed by atoms with Crippen molar-refractivity contribution < 1.29 is 27.5 Å². The van der Waals surface area contributed by atoms with Crippen LogP contribution in [0, 0.1) is 5.41 Å². The van der Waals surface area contributed by atoms with Crippen LogP contribution in [0.2, 0.25) is 5.02 Å². The third kappa shape index (κ3) is 8.28. The van der Waals surface area contributed by atoms with Gasteiger partial charge in [0.2, 0.25) is 5.56 Å². The van der Waals surface area contributed by atoms with E-state index >= 15 is 0 Å². The summed E-state index contributed by atoms with van der Waals surface area (Å²) in [5.74, 6) is -0.875. The van der Waals surface area contributed by atoms with E-state index in [2.05, 4.69) is 20.1 Å². The summed E-state index contributed by atoms with van der Waals surface area (Å²) in [5, 5.41) is 6.33. The Morgan fingerprint density at radius 2 is 1.86 bits per heavy atom. The monoisotopic (exact) mass is 698 g/mol. The number of aromatic nitrogens is 4. The number of alkyl carbamates (subject to hydrolysis) is 1. The number of carbonyl (C=O) groups is 2. The molecule has 0 aliphatic heterocycles. The smallest absolute Gasteiger partial charge is 0.411 e. The van der Waals surface area contributed by atoms with Gasteiger partial charge in [0.25, 0.3) is 5.91 Å². The molecule has 1 aliphatic carbocycles. The van der Waals surface area contributed by atoms with Crippen LogP contribution in [-0.4, -0.2) is 67.5 Å². The highest BCUT2D eigenvalue weighted by Crippen LogP contribution is 2.49. The van der Waals surface area contributed by atoms with Crippen molar-refractivity contribution in [3.05, 3.63) is 99.8 Å². The lowest BCUT2D eigenvalue weighted by Crippen LogP contribution is -2.49. The molecule has 258 valence electrons. The van der Waals surface area contributed by atoms with Crippen molar-refractivity contribution in [3.63, 3.8) is 0 Å². The van der Waals surface area contributed by atoms with Gasteiger partial charge >= 0.3 is 12.3 Å². The second-order valence-corrected chi connectivity index (χ2v) is 13.2. The number of pyridine rings is 1. The highest BCUT2D eigenvalue weighted by atomic mass is 35.5. The van der Waals surface area contributed by atoms with Crippen LogP contribution in [-0.2, 0) is 4.74 Å². The molecular weight excluding hydrogens is 665 g/mol. The van der Waals surface area contributed by atoms with Crippen LogP contribution >= 0.6 is 11.6 Å². The van der Waals surface area contributed by atoms with Gasteiger partial charge in [0.15, 0.2) is 5.96 Å². The Hall–Kier alpha value is -5.18. The zero-order valence-electron chi connectivity index (χ0n) is 26.8. The van der Waals surface area contributed by atoms with Gasteiger partial charge in [0, 0.05) is 23.9 Å². The minimum Gasteiger partial charge on any atom is -0.447 e. The largest absolute Gasteiger partial charge is 0.447 e. The van der Waals surface area contributed by atoms with Gasteiger partial charge in [-0.25, -0.2) is 14.5 Å². The van der Waals surface area contributed by atoms with Crippen molar-refractivity contribution >= 4 is 29.6 Å². The van der Waals surface area contributed by atoms with E-state index < -0.39 is 36.4 Å². The maximum absolute atomic E-state index is 14.4. The molecule has 2 aromatic carbocycles. The third-order valence-corrected chi connectivity index (χ3v) is 8.05. The number of ether oxygens (including phenoxy) is 1. The molecule has 2 aromatic heterocycles. The second kappa shape index (κ2) is 13.7. The number of aromatic amines is 1. The molecule has 0 bridgehead atoms. The molecule has 1 saturated carbocycles. The predicted molar refractivity (Wildman–Crippen MR) is 176 cm³/mol. The Labute approximate surface area is 284 Å². The lowest BCUT2D eigenvalue weighted by Gasteiger charge is -2.32. The number of carbonyl (C=O) groups excluding carboxylic acids is 2. The molecule has 0 unspecified atom stereocenters. The molecule has 4 N–H and O–H groups in total. The standard InChI is InChI=1S/C33H34ClF3N8O4/c1-31(2,3)17-40-29(38)45(28(47)21-9-7-20(8-10-21)24-5-4-6-27(46)42-24)26(16-49-30(48)43-32(13-14-32)33(35,36)37)22-11-12-23(34)25(15-22)44-19-39-18-41-44/h4-12,15,18-19,26H,13-14,16-17H2,1-3H3,(H2,38,40)(H,42,46)(H,43,48)/t26-/m1/s1. The first-order valence-corrected chi connectivity index (χ1v) is 15.5. The van der Waals surface area contributed by atoms with Crippen LogP contribution in [0.15, 0.2) is 83.1 Å². The molecule has 2 heterocycles. The van der Waals surface area contributed by atoms with Crippen LogP contribution < -0.4 is 16.6 Å². The fourth-order valence-corrected chi connectivity index (χ4v) is 5.11. The van der Waals surface area contributed by atoms with Crippen LogP contribution in [0.25, 0.3) is 16.9 Å². The Balaban J connectivity index is 1.56. The minimum atomic E-state index is -4.67. The van der Waals surface area contributed by atoms with Crippen LogP contribution in [0.1, 0.15) is 55.6 Å². The fraction of sp³-hybridized carbons (Fsp3) is 0.333. The third-order valence-electron chi connectivity index (χ3n) is 7.73. The van der Waals surface area contributed by atoms with E-state index in [9.17, 15) is 27.6 Å². The normalized spacial score (nSPS) is 15.0. The predicted octanol–water partition coefficient (Wildman–Crippen LogP) is 5.64. The van der Waals surface area contributed by atoms with Crippen molar-refractivity contribution in [1.29, 1.82) is 0 Å². The Kier molecular flexibility index (Phi) is 9.85. The quantitative estimate of drug-likeness (QED) is 0.151. The topological polar surface area (TPSA) is 161 Å². The van der Waals surface area contributed by atoms with Gasteiger partial charge < -0.3 is 20.8 Å². The van der Waals surface area contributed by atoms with E-state index in [-0.39, 0.29) is 46.9 Å². The number of nitrogens with two attached hydrogens (primary N) is 1. The van der Waals surface area contributed by atoms with E-state index in [1.165, 1.54) is 41.6 Å². The van der Waals surface area contributed by atoms with Crippen molar-refractivity contribution in [2.45, 2.75) is 51.4 Å². The molecular formula is C33H34ClF3N8O4. The summed E-state index contributed by atoms with van der Waals surface area (Å²) in [6, 6.07) is 14.5. The average Bonchev–Trinajstić information content (AvgIpc) is 3.64. The van der Waals surface area contributed by atoms with E-state index in [1.807, 2.05) is 26.1 Å². The lowest BCUT2D eigenvalue weighted by molar-refractivity contribution is -0.164. The summed E-state index contributed by atoms with van der Waals surface area (Å²) in [6.07, 6.45) is -3.85. The first-order chi connectivity index (χ1) is 23.1. The number of nitrogens with one attached hydrogen (secondary N) is 2. The number of hydrogen-bond acceptors (Lipinski definition) is 7. The number of H-pyrrole nitrogens is 1. The van der Waals surface area contributed by atoms with Gasteiger partial charge in [0.05, 0.1) is 16.8 Å². The number of guanidine groups is 1. The lowest BCUT2D eigenvalue weighted by atomic mass is 9.97. The number of halogens is 4. The van der Waals surface area contributed by atoms with Crippen molar-refractivity contribution in [2.24, 2.45) is 16.1 Å². The van der Waals surface area contributed by atoms with Crippen molar-refractivity contribution in [2.75, 3.05) is 13.2 Å². The van der Waals surface area contributed by atoms with E-state index in [0.29, 0.717) is 22.5 Å². The number of alkyl halides is 3. The molecule has 12 nitrogen and oxygen atoms in total. The Morgan fingerprint density at radius 1 is 1.14 bits per heavy atom. The van der Waals surface area contributed by atoms with Gasteiger partial charge in [-0.1, -0.05) is 56.6 Å². The molecule has 4 aromatic rings. The van der Waals surface area contributed by atoms with Gasteiger partial charge in [-0.3, -0.25) is 19.5 Å². The number of amides is 2. The van der Waals surface area contributed by atoms with Crippen molar-refractivity contribution in [3.8, 4) is 16.9 Å². The maximum Gasteiger partial charge on any atom is 0.411 e. The minimum absolute atomic E-state index is 0.157. The first kappa shape index (κ1) is 35.1. The fourth-order valence-electron chi connectivity index (χ4n) is 4.90. The molecule has 1 fully saturated rings. The van der Waals surface area contributed by atoms with E-state index in [0.717, 1.165) is 4.90 Å². The Bertz CT molecular complexity index is 1900. The number of rotatable bonds is 9. The van der Waals surface area contributed by atoms with Crippen LogP contribution in [0.4, 0.5) is 18.0 Å². The summed E-state index contributed by atoms with van der Waals surface area (Å²) >= 11 is 6.48. The Morgan fingerprint density at radius 3 is 2.45 bits per heavy atom. The summed E-state index contributed by atoms with van der Waals surface area (Å²) in [6.45, 7) is 5.36. The number of benzene rings is 2. The molecule has 49 heavy (non-hydrogen) atoms. The van der Waals surface area contributed by atoms with E-state index in [4.69, 9.17) is 22.1 Å². The summed E-state index contributed by atoms with van der Waals surface area (Å²) in [4.78, 5) is 51.3. The second-order valence-electron chi connectivity index (χ2n) is 12.8. The molecule has 0 radical (unpaired) electrons. The van der Waals surface area contributed by atoms with Gasteiger partial charge in [-0.05, 0) is 59.7 Å². The van der Waals surface area contributed by atoms with Gasteiger partial charge in [0.1, 0.15) is 24.8 Å². The zero-order valence-corrected chi connectivity index (χ0v) is 27.5. The number of hydrogen-bond donors (Lipinski definition) is 3. The van der Waals surface area contributed by atoms with Crippen LogP contribution in [0.5, 0.6) is 0 Å². The molecule has 1 atom stereocenters. The highest BCUT2D eigenvalue weighted by Gasteiger charge is 2.64. The first-order valence-electron chi connectivity index (χ1n) is 15.2. The van der Waals surface area contributed by atoms with E-state index in [1.54, 1.807) is 36.4 Å². The average molecular weight is 699 g/mol.